The molecule has 3 fully saturated rings. The van der Waals surface area contributed by atoms with E-state index in [-0.39, 0.29) is 23.6 Å². The molecule has 6 heteroatoms. The van der Waals surface area contributed by atoms with Gasteiger partial charge in [0.05, 0.1) is 25.4 Å². The number of amides is 1. The molecule has 23 heavy (non-hydrogen) atoms. The quantitative estimate of drug-likeness (QED) is 0.751. The maximum absolute atomic E-state index is 12.8. The van der Waals surface area contributed by atoms with E-state index in [0.717, 1.165) is 45.6 Å². The van der Waals surface area contributed by atoms with E-state index in [4.69, 9.17) is 9.47 Å². The molecule has 3 aliphatic rings. The normalized spacial score (nSPS) is 31.3. The molecule has 0 radical (unpaired) electrons. The van der Waals surface area contributed by atoms with Gasteiger partial charge in [0.25, 0.3) is 0 Å². The van der Waals surface area contributed by atoms with Crippen LogP contribution in [0, 0.1) is 0 Å². The first-order valence-corrected chi connectivity index (χ1v) is 9.01. The second-order valence-corrected chi connectivity index (χ2v) is 7.31. The van der Waals surface area contributed by atoms with E-state index in [0.29, 0.717) is 26.1 Å². The van der Waals surface area contributed by atoms with Gasteiger partial charge >= 0.3 is 0 Å². The lowest BCUT2D eigenvalue weighted by molar-refractivity contribution is -0.127. The maximum Gasteiger partial charge on any atom is 0.222 e. The van der Waals surface area contributed by atoms with E-state index >= 15 is 0 Å². The third-order valence-electron chi connectivity index (χ3n) is 5.80. The first-order valence-electron chi connectivity index (χ1n) is 9.01. The Bertz CT molecular complexity index is 397. The Hall–Kier alpha value is -0.690. The fourth-order valence-electron chi connectivity index (χ4n) is 4.49. The van der Waals surface area contributed by atoms with Crippen molar-refractivity contribution in [2.24, 2.45) is 0 Å². The molecule has 0 aromatic carbocycles. The van der Waals surface area contributed by atoms with Crippen molar-refractivity contribution in [1.29, 1.82) is 0 Å². The fourth-order valence-corrected chi connectivity index (χ4v) is 4.49. The zero-order valence-electron chi connectivity index (χ0n) is 14.0. The second-order valence-electron chi connectivity index (χ2n) is 7.31. The molecule has 2 N–H and O–H groups in total. The minimum absolute atomic E-state index is 0.00767. The van der Waals surface area contributed by atoms with Crippen molar-refractivity contribution in [1.82, 2.24) is 10.2 Å². The van der Waals surface area contributed by atoms with Gasteiger partial charge in [0.1, 0.15) is 0 Å². The second kappa shape index (κ2) is 7.47. The summed E-state index contributed by atoms with van der Waals surface area (Å²) in [5.41, 5.74) is -0.357. The number of hydrogen-bond acceptors (Lipinski definition) is 5. The number of hydrogen-bond donors (Lipinski definition) is 2. The first kappa shape index (κ1) is 17.1. The number of carbonyl (C=O) groups excluding carboxylic acids is 1. The minimum atomic E-state index is -0.364. The predicted molar refractivity (Wildman–Crippen MR) is 86.2 cm³/mol. The summed E-state index contributed by atoms with van der Waals surface area (Å²) in [6.45, 7) is 4.66. The molecule has 1 aliphatic carbocycles. The number of carbonyl (C=O) groups is 1. The summed E-state index contributed by atoms with van der Waals surface area (Å²) in [6.07, 6.45) is 6.53. The van der Waals surface area contributed by atoms with E-state index in [2.05, 4.69) is 10.2 Å². The Balaban J connectivity index is 1.64. The van der Waals surface area contributed by atoms with E-state index in [1.807, 2.05) is 0 Å². The molecule has 0 aromatic heterocycles. The van der Waals surface area contributed by atoms with Gasteiger partial charge in [-0.15, -0.1) is 0 Å². The molecule has 1 atom stereocenters. The van der Waals surface area contributed by atoms with Crippen LogP contribution in [0.15, 0.2) is 0 Å². The number of nitrogens with one attached hydrogen (secondary N) is 1. The number of aliphatic hydroxyl groups is 1. The Morgan fingerprint density at radius 1 is 1.09 bits per heavy atom. The molecular formula is C17H30N2O4. The zero-order valence-corrected chi connectivity index (χ0v) is 14.0. The zero-order chi connectivity index (χ0) is 16.2. The number of aliphatic hydroxyl groups excluding tert-OH is 1. The lowest BCUT2D eigenvalue weighted by atomic mass is 9.88. The van der Waals surface area contributed by atoms with Gasteiger partial charge in [-0.05, 0) is 25.7 Å². The van der Waals surface area contributed by atoms with Crippen LogP contribution >= 0.6 is 0 Å². The van der Waals surface area contributed by atoms with E-state index < -0.39 is 0 Å². The summed E-state index contributed by atoms with van der Waals surface area (Å²) in [6, 6.07) is 0. The monoisotopic (exact) mass is 326 g/mol. The van der Waals surface area contributed by atoms with Crippen LogP contribution in [0.2, 0.25) is 0 Å². The number of ether oxygens (including phenoxy) is 2. The van der Waals surface area contributed by atoms with Crippen molar-refractivity contribution in [3.8, 4) is 0 Å². The summed E-state index contributed by atoms with van der Waals surface area (Å²) in [5.74, 6) is 0.109. The average molecular weight is 326 g/mol. The van der Waals surface area contributed by atoms with Crippen molar-refractivity contribution in [2.45, 2.75) is 56.0 Å². The van der Waals surface area contributed by atoms with E-state index in [9.17, 15) is 9.90 Å². The van der Waals surface area contributed by atoms with Crippen LogP contribution in [0.25, 0.3) is 0 Å². The molecule has 1 amide bonds. The highest BCUT2D eigenvalue weighted by molar-refractivity contribution is 5.78. The number of rotatable bonds is 6. The van der Waals surface area contributed by atoms with Gasteiger partial charge < -0.3 is 19.9 Å². The molecule has 3 rings (SSSR count). The number of morpholine rings is 1. The Labute approximate surface area is 138 Å². The van der Waals surface area contributed by atoms with Gasteiger partial charge in [-0.3, -0.25) is 9.69 Å². The highest BCUT2D eigenvalue weighted by Crippen LogP contribution is 2.39. The molecule has 0 bridgehead atoms. The Kier molecular flexibility index (Phi) is 5.57. The SMILES string of the molecule is O=C(CC1(N2CCOCC2)CCCC1)N[C@@]1(CCO)CCOC1. The van der Waals surface area contributed by atoms with Gasteiger partial charge in [-0.1, -0.05) is 12.8 Å². The van der Waals surface area contributed by atoms with Gasteiger partial charge in [0, 0.05) is 38.3 Å². The van der Waals surface area contributed by atoms with Gasteiger partial charge in [-0.25, -0.2) is 0 Å². The lowest BCUT2D eigenvalue weighted by Crippen LogP contribution is -2.56. The summed E-state index contributed by atoms with van der Waals surface area (Å²) in [5, 5.41) is 12.5. The minimum Gasteiger partial charge on any atom is -0.396 e. The van der Waals surface area contributed by atoms with Crippen LogP contribution < -0.4 is 5.32 Å². The molecular weight excluding hydrogens is 296 g/mol. The predicted octanol–water partition coefficient (Wildman–Crippen LogP) is 0.679. The van der Waals surface area contributed by atoms with Crippen LogP contribution in [-0.4, -0.2) is 73.1 Å². The standard InChI is InChI=1S/C17H30N2O4/c20-9-5-16(6-10-23-14-16)18-15(21)13-17(3-1-2-4-17)19-7-11-22-12-8-19/h20H,1-14H2,(H,18,21)/t16-/m0/s1. The molecule has 0 unspecified atom stereocenters. The summed E-state index contributed by atoms with van der Waals surface area (Å²) < 4.78 is 11.0. The average Bonchev–Trinajstić information content (AvgIpc) is 3.19. The first-order chi connectivity index (χ1) is 11.2. The molecule has 2 heterocycles. The van der Waals surface area contributed by atoms with Gasteiger partial charge in [0.15, 0.2) is 0 Å². The summed E-state index contributed by atoms with van der Waals surface area (Å²) in [4.78, 5) is 15.3. The fraction of sp³-hybridized carbons (Fsp3) is 0.941. The van der Waals surface area contributed by atoms with Crippen molar-refractivity contribution in [2.75, 3.05) is 46.1 Å². The van der Waals surface area contributed by atoms with Gasteiger partial charge in [-0.2, -0.15) is 0 Å². The van der Waals surface area contributed by atoms with Crippen molar-refractivity contribution < 1.29 is 19.4 Å². The lowest BCUT2D eigenvalue weighted by Gasteiger charge is -2.43. The molecule has 0 spiro atoms. The van der Waals surface area contributed by atoms with Crippen LogP contribution in [-0.2, 0) is 14.3 Å². The third-order valence-corrected chi connectivity index (χ3v) is 5.80. The van der Waals surface area contributed by atoms with E-state index in [1.165, 1.54) is 12.8 Å². The van der Waals surface area contributed by atoms with Gasteiger partial charge in [0.2, 0.25) is 5.91 Å². The van der Waals surface area contributed by atoms with Crippen LogP contribution in [0.1, 0.15) is 44.9 Å². The van der Waals surface area contributed by atoms with Crippen molar-refractivity contribution in [3.63, 3.8) is 0 Å². The number of nitrogens with zero attached hydrogens (tertiary/aromatic N) is 1. The summed E-state index contributed by atoms with van der Waals surface area (Å²) >= 11 is 0. The highest BCUT2D eigenvalue weighted by Gasteiger charge is 2.43. The topological polar surface area (TPSA) is 71.0 Å². The van der Waals surface area contributed by atoms with Crippen molar-refractivity contribution in [3.05, 3.63) is 0 Å². The van der Waals surface area contributed by atoms with Crippen LogP contribution in [0.4, 0.5) is 0 Å². The molecule has 0 aromatic rings. The Morgan fingerprint density at radius 2 is 1.83 bits per heavy atom. The molecule has 2 saturated heterocycles. The molecule has 2 aliphatic heterocycles. The largest absolute Gasteiger partial charge is 0.396 e. The van der Waals surface area contributed by atoms with Crippen LogP contribution in [0.3, 0.4) is 0 Å². The highest BCUT2D eigenvalue weighted by atomic mass is 16.5. The molecule has 132 valence electrons. The molecule has 6 nitrogen and oxygen atoms in total. The molecule has 1 saturated carbocycles. The smallest absolute Gasteiger partial charge is 0.222 e. The Morgan fingerprint density at radius 3 is 2.43 bits per heavy atom. The summed E-state index contributed by atoms with van der Waals surface area (Å²) in [7, 11) is 0. The third kappa shape index (κ3) is 3.87. The van der Waals surface area contributed by atoms with Crippen molar-refractivity contribution >= 4 is 5.91 Å². The van der Waals surface area contributed by atoms with Crippen LogP contribution in [0.5, 0.6) is 0 Å². The maximum atomic E-state index is 12.8. The van der Waals surface area contributed by atoms with E-state index in [1.54, 1.807) is 0 Å².